The van der Waals surface area contributed by atoms with Gasteiger partial charge in [-0.05, 0) is 75.8 Å². The lowest BCUT2D eigenvalue weighted by Gasteiger charge is -2.32. The number of hydrogen-bond acceptors (Lipinski definition) is 2. The summed E-state index contributed by atoms with van der Waals surface area (Å²) in [7, 11) is 4.32. The van der Waals surface area contributed by atoms with Gasteiger partial charge in [-0.2, -0.15) is 0 Å². The van der Waals surface area contributed by atoms with E-state index in [2.05, 4.69) is 56.4 Å². The van der Waals surface area contributed by atoms with Crippen molar-refractivity contribution in [1.82, 2.24) is 5.32 Å². The van der Waals surface area contributed by atoms with Crippen molar-refractivity contribution in [3.8, 4) is 0 Å². The minimum atomic E-state index is 0.753. The van der Waals surface area contributed by atoms with Gasteiger partial charge in [0.2, 0.25) is 0 Å². The summed E-state index contributed by atoms with van der Waals surface area (Å²) in [5, 5.41) is 3.41. The van der Waals surface area contributed by atoms with Crippen molar-refractivity contribution >= 4 is 5.69 Å². The number of benzene rings is 1. The van der Waals surface area contributed by atoms with Crippen LogP contribution in [0.1, 0.15) is 36.8 Å². The van der Waals surface area contributed by atoms with Gasteiger partial charge in [-0.15, -0.1) is 0 Å². The molecule has 2 heteroatoms. The number of rotatable bonds is 4. The van der Waals surface area contributed by atoms with E-state index in [1.807, 2.05) is 0 Å². The highest BCUT2D eigenvalue weighted by Crippen LogP contribution is 2.26. The van der Waals surface area contributed by atoms with Crippen molar-refractivity contribution in [3.05, 3.63) is 29.3 Å². The van der Waals surface area contributed by atoms with E-state index in [0.29, 0.717) is 0 Å². The van der Waals surface area contributed by atoms with E-state index in [1.54, 1.807) is 0 Å². The summed E-state index contributed by atoms with van der Waals surface area (Å²) in [4.78, 5) is 2.43. The van der Waals surface area contributed by atoms with Gasteiger partial charge in [0.05, 0.1) is 0 Å². The predicted molar refractivity (Wildman–Crippen MR) is 84.0 cm³/mol. The molecule has 0 unspecified atom stereocenters. The van der Waals surface area contributed by atoms with E-state index in [9.17, 15) is 0 Å². The fraction of sp³-hybridized carbons (Fsp3) is 0.647. The SMILES string of the molecule is CNC1CCC(CN(C)c2ccc(C)c(C)c2)CC1. The molecule has 1 fully saturated rings. The van der Waals surface area contributed by atoms with Gasteiger partial charge in [0.15, 0.2) is 0 Å². The maximum Gasteiger partial charge on any atom is 0.0366 e. The molecule has 1 saturated carbocycles. The molecule has 2 nitrogen and oxygen atoms in total. The van der Waals surface area contributed by atoms with Crippen LogP contribution < -0.4 is 10.2 Å². The van der Waals surface area contributed by atoms with Crippen molar-refractivity contribution < 1.29 is 0 Å². The second-order valence-corrected chi connectivity index (χ2v) is 6.16. The van der Waals surface area contributed by atoms with Crippen LogP contribution >= 0.6 is 0 Å². The molecule has 1 aromatic rings. The first-order chi connectivity index (χ1) is 9.10. The number of nitrogens with zero attached hydrogens (tertiary/aromatic N) is 1. The Morgan fingerprint density at radius 3 is 2.37 bits per heavy atom. The van der Waals surface area contributed by atoms with Crippen LogP contribution in [0.3, 0.4) is 0 Å². The molecule has 19 heavy (non-hydrogen) atoms. The Balaban J connectivity index is 1.90. The lowest BCUT2D eigenvalue weighted by molar-refractivity contribution is 0.305. The van der Waals surface area contributed by atoms with Gasteiger partial charge in [0.1, 0.15) is 0 Å². The third kappa shape index (κ3) is 3.73. The zero-order valence-corrected chi connectivity index (χ0v) is 12.9. The molecule has 0 saturated heterocycles. The quantitative estimate of drug-likeness (QED) is 0.891. The topological polar surface area (TPSA) is 15.3 Å². The summed E-state index contributed by atoms with van der Waals surface area (Å²) >= 11 is 0. The Kier molecular flexibility index (Phi) is 4.87. The van der Waals surface area contributed by atoms with E-state index >= 15 is 0 Å². The van der Waals surface area contributed by atoms with Crippen molar-refractivity contribution in [3.63, 3.8) is 0 Å². The van der Waals surface area contributed by atoms with E-state index in [0.717, 1.165) is 12.0 Å². The third-order valence-electron chi connectivity index (χ3n) is 4.72. The minimum absolute atomic E-state index is 0.753. The van der Waals surface area contributed by atoms with Crippen LogP contribution in [0.4, 0.5) is 5.69 Å². The summed E-state index contributed by atoms with van der Waals surface area (Å²) in [5.41, 5.74) is 4.13. The lowest BCUT2D eigenvalue weighted by Crippen LogP contribution is -2.34. The van der Waals surface area contributed by atoms with Crippen LogP contribution in [0.25, 0.3) is 0 Å². The second-order valence-electron chi connectivity index (χ2n) is 6.16. The first kappa shape index (κ1) is 14.4. The molecular formula is C17H28N2. The predicted octanol–water partition coefficient (Wildman–Crippen LogP) is 3.52. The third-order valence-corrected chi connectivity index (χ3v) is 4.72. The van der Waals surface area contributed by atoms with Crippen molar-refractivity contribution in [2.24, 2.45) is 5.92 Å². The highest BCUT2D eigenvalue weighted by Gasteiger charge is 2.21. The fourth-order valence-electron chi connectivity index (χ4n) is 3.09. The molecule has 0 aliphatic heterocycles. The molecule has 0 bridgehead atoms. The molecule has 1 aromatic carbocycles. The molecule has 106 valence electrons. The average Bonchev–Trinajstić information content (AvgIpc) is 2.42. The van der Waals surface area contributed by atoms with Crippen LogP contribution in [-0.2, 0) is 0 Å². The van der Waals surface area contributed by atoms with Gasteiger partial charge in [0.25, 0.3) is 0 Å². The number of hydrogen-bond donors (Lipinski definition) is 1. The molecule has 2 rings (SSSR count). The molecular weight excluding hydrogens is 232 g/mol. The van der Waals surface area contributed by atoms with Crippen LogP contribution in [-0.4, -0.2) is 26.7 Å². The zero-order valence-electron chi connectivity index (χ0n) is 12.9. The Morgan fingerprint density at radius 1 is 1.11 bits per heavy atom. The lowest BCUT2D eigenvalue weighted by atomic mass is 9.86. The summed E-state index contributed by atoms with van der Waals surface area (Å²) in [6.07, 6.45) is 5.39. The summed E-state index contributed by atoms with van der Waals surface area (Å²) in [6, 6.07) is 7.55. The Labute approximate surface area is 118 Å². The first-order valence-corrected chi connectivity index (χ1v) is 7.55. The molecule has 0 spiro atoms. The maximum atomic E-state index is 3.41. The molecule has 1 N–H and O–H groups in total. The smallest absolute Gasteiger partial charge is 0.0366 e. The van der Waals surface area contributed by atoms with Crippen molar-refractivity contribution in [1.29, 1.82) is 0 Å². The van der Waals surface area contributed by atoms with Crippen molar-refractivity contribution in [2.45, 2.75) is 45.6 Å². The molecule has 0 heterocycles. The maximum absolute atomic E-state index is 3.41. The van der Waals surface area contributed by atoms with E-state index in [-0.39, 0.29) is 0 Å². The Morgan fingerprint density at radius 2 is 1.79 bits per heavy atom. The van der Waals surface area contributed by atoms with E-state index in [4.69, 9.17) is 0 Å². The number of nitrogens with one attached hydrogen (secondary N) is 1. The minimum Gasteiger partial charge on any atom is -0.374 e. The van der Waals surface area contributed by atoms with E-state index in [1.165, 1.54) is 49.0 Å². The van der Waals surface area contributed by atoms with Gasteiger partial charge in [-0.1, -0.05) is 6.07 Å². The number of aryl methyl sites for hydroxylation is 2. The van der Waals surface area contributed by atoms with Gasteiger partial charge in [0, 0.05) is 25.3 Å². The van der Waals surface area contributed by atoms with Crippen LogP contribution in [0.2, 0.25) is 0 Å². The largest absolute Gasteiger partial charge is 0.374 e. The van der Waals surface area contributed by atoms with Crippen LogP contribution in [0, 0.1) is 19.8 Å². The summed E-state index contributed by atoms with van der Waals surface area (Å²) < 4.78 is 0. The Bertz CT molecular complexity index is 406. The first-order valence-electron chi connectivity index (χ1n) is 7.55. The molecule has 0 aromatic heterocycles. The summed E-state index contributed by atoms with van der Waals surface area (Å²) in [6.45, 7) is 5.57. The average molecular weight is 260 g/mol. The van der Waals surface area contributed by atoms with Gasteiger partial charge >= 0.3 is 0 Å². The molecule has 0 radical (unpaired) electrons. The summed E-state index contributed by atoms with van der Waals surface area (Å²) in [5.74, 6) is 0.858. The van der Waals surface area contributed by atoms with Crippen LogP contribution in [0.5, 0.6) is 0 Å². The van der Waals surface area contributed by atoms with E-state index < -0.39 is 0 Å². The molecule has 0 amide bonds. The zero-order chi connectivity index (χ0) is 13.8. The van der Waals surface area contributed by atoms with Gasteiger partial charge in [-0.3, -0.25) is 0 Å². The highest BCUT2D eigenvalue weighted by atomic mass is 15.1. The fourth-order valence-corrected chi connectivity index (χ4v) is 3.09. The van der Waals surface area contributed by atoms with Crippen LogP contribution in [0.15, 0.2) is 18.2 Å². The standard InChI is InChI=1S/C17H28N2/c1-13-5-10-17(11-14(13)2)19(4)12-15-6-8-16(18-3)9-7-15/h5,10-11,15-16,18H,6-9,12H2,1-4H3. The van der Waals surface area contributed by atoms with Gasteiger partial charge < -0.3 is 10.2 Å². The molecule has 1 aliphatic carbocycles. The highest BCUT2D eigenvalue weighted by molar-refractivity contribution is 5.50. The monoisotopic (exact) mass is 260 g/mol. The molecule has 0 atom stereocenters. The second kappa shape index (κ2) is 6.42. The van der Waals surface area contributed by atoms with Crippen molar-refractivity contribution in [2.75, 3.05) is 25.5 Å². The van der Waals surface area contributed by atoms with Gasteiger partial charge in [-0.25, -0.2) is 0 Å². The normalized spacial score (nSPS) is 23.4. The molecule has 1 aliphatic rings. The Hall–Kier alpha value is -1.02. The number of anilines is 1.